The van der Waals surface area contributed by atoms with Gasteiger partial charge in [0.05, 0.1) is 33.1 Å². The lowest BCUT2D eigenvalue weighted by molar-refractivity contribution is 0.623. The first kappa shape index (κ1) is 16.9. The Morgan fingerprint density at radius 3 is 2.67 bits per heavy atom. The van der Waals surface area contributed by atoms with E-state index in [1.807, 2.05) is 18.3 Å². The minimum Gasteiger partial charge on any atom is -0.351 e. The summed E-state index contributed by atoms with van der Waals surface area (Å²) in [7, 11) is 1.61. The van der Waals surface area contributed by atoms with Crippen LogP contribution in [0.3, 0.4) is 0 Å². The maximum atomic E-state index is 12.0. The number of nitrogens with zero attached hydrogens (tertiary/aromatic N) is 3. The van der Waals surface area contributed by atoms with Crippen molar-refractivity contribution in [1.82, 2.24) is 14.3 Å². The maximum absolute atomic E-state index is 12.0. The Kier molecular flexibility index (Phi) is 4.32. The normalized spacial score (nSPS) is 11.5. The number of fused-ring (bicyclic) bond motifs is 1. The molecule has 0 saturated carbocycles. The van der Waals surface area contributed by atoms with Gasteiger partial charge in [-0.2, -0.15) is 5.10 Å². The van der Waals surface area contributed by atoms with Crippen molar-refractivity contribution in [3.63, 3.8) is 0 Å². The average Bonchev–Trinajstić information content (AvgIpc) is 2.95. The molecule has 1 N–H and O–H groups in total. The molecule has 0 bridgehead atoms. The Bertz CT molecular complexity index is 988. The van der Waals surface area contributed by atoms with Crippen molar-refractivity contribution in [2.75, 3.05) is 5.32 Å². The van der Waals surface area contributed by atoms with Crippen LogP contribution in [-0.4, -0.2) is 14.3 Å². The summed E-state index contributed by atoms with van der Waals surface area (Å²) in [5.41, 5.74) is 2.53. The Morgan fingerprint density at radius 1 is 1.29 bits per heavy atom. The number of anilines is 2. The van der Waals surface area contributed by atoms with E-state index in [1.165, 1.54) is 4.68 Å². The van der Waals surface area contributed by atoms with Gasteiger partial charge in [-0.15, -0.1) is 0 Å². The molecular formula is C17H18Cl2N4O. The molecule has 2 heterocycles. The van der Waals surface area contributed by atoms with E-state index >= 15 is 0 Å². The molecule has 0 aliphatic heterocycles. The van der Waals surface area contributed by atoms with Gasteiger partial charge >= 0.3 is 0 Å². The smallest absolute Gasteiger partial charge is 0.271 e. The molecule has 0 saturated heterocycles. The Balaban J connectivity index is 2.14. The molecule has 3 aromatic rings. The molecule has 3 rings (SSSR count). The highest BCUT2D eigenvalue weighted by Gasteiger charge is 2.16. The summed E-state index contributed by atoms with van der Waals surface area (Å²) in [6, 6.07) is 4.15. The van der Waals surface area contributed by atoms with Crippen LogP contribution in [0.4, 0.5) is 11.4 Å². The fraction of sp³-hybridized carbons (Fsp3) is 0.294. The fourth-order valence-electron chi connectivity index (χ4n) is 2.71. The van der Waals surface area contributed by atoms with Gasteiger partial charge in [-0.25, -0.2) is 4.68 Å². The van der Waals surface area contributed by atoms with Gasteiger partial charge in [0.25, 0.3) is 5.56 Å². The van der Waals surface area contributed by atoms with E-state index in [-0.39, 0.29) is 5.56 Å². The Morgan fingerprint density at radius 2 is 2.00 bits per heavy atom. The summed E-state index contributed by atoms with van der Waals surface area (Å²) in [5, 5.41) is 9.12. The van der Waals surface area contributed by atoms with Crippen LogP contribution < -0.4 is 10.9 Å². The van der Waals surface area contributed by atoms with Crippen LogP contribution in [-0.2, 0) is 7.05 Å². The lowest BCUT2D eigenvalue weighted by Crippen LogP contribution is -2.22. The van der Waals surface area contributed by atoms with Gasteiger partial charge in [-0.3, -0.25) is 4.79 Å². The van der Waals surface area contributed by atoms with E-state index in [0.29, 0.717) is 33.0 Å². The summed E-state index contributed by atoms with van der Waals surface area (Å²) in [4.78, 5) is 12.0. The number of hydrogen-bond donors (Lipinski definition) is 1. The first-order valence-corrected chi connectivity index (χ1v) is 8.35. The molecule has 1 aromatic carbocycles. The molecule has 24 heavy (non-hydrogen) atoms. The van der Waals surface area contributed by atoms with Crippen LogP contribution >= 0.6 is 23.2 Å². The standard InChI is InChI=1S/C17H18Cl2N4O/c1-9(2)23-6-5-11-14(23)7-12(18)16(15(11)19)21-13-8-20-22(4)17(24)10(13)3/h5-9,21H,1-4H3. The molecule has 0 aliphatic carbocycles. The number of rotatable bonds is 3. The quantitative estimate of drug-likeness (QED) is 0.734. The highest BCUT2D eigenvalue weighted by molar-refractivity contribution is 6.43. The van der Waals surface area contributed by atoms with Crippen LogP contribution in [0.2, 0.25) is 10.0 Å². The molecular weight excluding hydrogens is 347 g/mol. The number of aryl methyl sites for hydroxylation is 1. The molecule has 126 valence electrons. The second-order valence-electron chi connectivity index (χ2n) is 6.03. The van der Waals surface area contributed by atoms with Gasteiger partial charge in [-0.05, 0) is 32.9 Å². The maximum Gasteiger partial charge on any atom is 0.271 e. The van der Waals surface area contributed by atoms with Crippen molar-refractivity contribution in [2.24, 2.45) is 7.05 Å². The highest BCUT2D eigenvalue weighted by Crippen LogP contribution is 2.40. The van der Waals surface area contributed by atoms with Gasteiger partial charge in [0.15, 0.2) is 0 Å². The van der Waals surface area contributed by atoms with E-state index < -0.39 is 0 Å². The summed E-state index contributed by atoms with van der Waals surface area (Å²) in [5.74, 6) is 0. The van der Waals surface area contributed by atoms with Crippen LogP contribution in [0.1, 0.15) is 25.5 Å². The molecule has 0 fully saturated rings. The van der Waals surface area contributed by atoms with Gasteiger partial charge < -0.3 is 9.88 Å². The molecule has 0 spiro atoms. The zero-order valence-corrected chi connectivity index (χ0v) is 15.4. The van der Waals surface area contributed by atoms with E-state index in [2.05, 4.69) is 28.8 Å². The van der Waals surface area contributed by atoms with Gasteiger partial charge in [0, 0.05) is 30.2 Å². The number of halogens is 2. The van der Waals surface area contributed by atoms with Crippen molar-refractivity contribution >= 4 is 45.5 Å². The number of nitrogens with one attached hydrogen (secondary N) is 1. The summed E-state index contributed by atoms with van der Waals surface area (Å²) in [6.45, 7) is 5.94. The molecule has 0 atom stereocenters. The highest BCUT2D eigenvalue weighted by atomic mass is 35.5. The summed E-state index contributed by atoms with van der Waals surface area (Å²) < 4.78 is 3.40. The summed E-state index contributed by atoms with van der Waals surface area (Å²) >= 11 is 13.0. The van der Waals surface area contributed by atoms with Crippen molar-refractivity contribution < 1.29 is 0 Å². The Labute approximate surface area is 149 Å². The van der Waals surface area contributed by atoms with E-state index in [4.69, 9.17) is 23.2 Å². The predicted octanol–water partition coefficient (Wildman–Crippen LogP) is 4.67. The molecule has 0 radical (unpaired) electrons. The van der Waals surface area contributed by atoms with Gasteiger partial charge in [-0.1, -0.05) is 23.2 Å². The van der Waals surface area contributed by atoms with Gasteiger partial charge in [0.1, 0.15) is 0 Å². The van der Waals surface area contributed by atoms with Crippen LogP contribution in [0.5, 0.6) is 0 Å². The van der Waals surface area contributed by atoms with Crippen molar-refractivity contribution in [2.45, 2.75) is 26.8 Å². The molecule has 0 unspecified atom stereocenters. The van der Waals surface area contributed by atoms with Crippen LogP contribution in [0.25, 0.3) is 10.9 Å². The molecule has 0 aliphatic rings. The second kappa shape index (κ2) is 6.15. The third kappa shape index (κ3) is 2.68. The molecule has 7 heteroatoms. The second-order valence-corrected chi connectivity index (χ2v) is 6.82. The van der Waals surface area contributed by atoms with Crippen molar-refractivity contribution in [1.29, 1.82) is 0 Å². The minimum atomic E-state index is -0.167. The van der Waals surface area contributed by atoms with Crippen LogP contribution in [0, 0.1) is 6.92 Å². The minimum absolute atomic E-state index is 0.167. The summed E-state index contributed by atoms with van der Waals surface area (Å²) in [6.07, 6.45) is 3.58. The molecule has 2 aromatic heterocycles. The van der Waals surface area contributed by atoms with E-state index in [1.54, 1.807) is 20.2 Å². The first-order chi connectivity index (χ1) is 11.3. The first-order valence-electron chi connectivity index (χ1n) is 7.59. The zero-order valence-electron chi connectivity index (χ0n) is 13.9. The van der Waals surface area contributed by atoms with E-state index in [9.17, 15) is 4.79 Å². The van der Waals surface area contributed by atoms with Crippen molar-refractivity contribution in [3.05, 3.63) is 50.5 Å². The molecule has 5 nitrogen and oxygen atoms in total. The van der Waals surface area contributed by atoms with Gasteiger partial charge in [0.2, 0.25) is 0 Å². The van der Waals surface area contributed by atoms with E-state index in [0.717, 1.165) is 10.9 Å². The topological polar surface area (TPSA) is 51.9 Å². The number of benzene rings is 1. The SMILES string of the molecule is Cc1c(Nc2c(Cl)cc3c(ccn3C(C)C)c2Cl)cnn(C)c1=O. The predicted molar refractivity (Wildman–Crippen MR) is 99.8 cm³/mol. The number of hydrogen-bond acceptors (Lipinski definition) is 3. The Hall–Kier alpha value is -1.98. The zero-order chi connectivity index (χ0) is 17.6. The lowest BCUT2D eigenvalue weighted by Gasteiger charge is -2.15. The largest absolute Gasteiger partial charge is 0.351 e. The average molecular weight is 365 g/mol. The third-order valence-electron chi connectivity index (χ3n) is 4.11. The monoisotopic (exact) mass is 364 g/mol. The lowest BCUT2D eigenvalue weighted by atomic mass is 10.2. The number of aromatic nitrogens is 3. The third-order valence-corrected chi connectivity index (χ3v) is 4.80. The van der Waals surface area contributed by atoms with Crippen LogP contribution in [0.15, 0.2) is 29.3 Å². The molecule has 0 amide bonds. The fourth-order valence-corrected chi connectivity index (χ4v) is 3.31. The van der Waals surface area contributed by atoms with Crippen molar-refractivity contribution in [3.8, 4) is 0 Å².